The molecule has 2 unspecified atom stereocenters. The van der Waals surface area contributed by atoms with Crippen LogP contribution in [0.25, 0.3) is 0 Å². The van der Waals surface area contributed by atoms with Crippen LogP contribution in [-0.2, 0) is 0 Å². The molecule has 112 valence electrons. The Morgan fingerprint density at radius 2 is 2.11 bits per heavy atom. The molecule has 19 heavy (non-hydrogen) atoms. The van der Waals surface area contributed by atoms with Gasteiger partial charge >= 0.3 is 6.03 Å². The standard InChI is InChI=1S/C14H30N4O/c1-12(11-13-7-5-4-6-8-16-13)15-9-10-17-14(19)18(2)3/h12-13,15-16H,4-11H2,1-3H3,(H,17,19). The molecule has 1 rings (SSSR count). The van der Waals surface area contributed by atoms with Crippen LogP contribution in [0, 0.1) is 0 Å². The number of rotatable bonds is 6. The number of urea groups is 1. The zero-order valence-corrected chi connectivity index (χ0v) is 12.7. The number of hydrogen-bond acceptors (Lipinski definition) is 3. The zero-order valence-electron chi connectivity index (χ0n) is 12.7. The van der Waals surface area contributed by atoms with Crippen molar-refractivity contribution in [2.75, 3.05) is 33.7 Å². The number of amides is 2. The normalized spacial score (nSPS) is 21.5. The Kier molecular flexibility index (Phi) is 7.82. The highest BCUT2D eigenvalue weighted by Crippen LogP contribution is 2.12. The average molecular weight is 270 g/mol. The molecule has 1 heterocycles. The maximum atomic E-state index is 11.3. The molecule has 0 bridgehead atoms. The molecule has 0 saturated carbocycles. The molecular weight excluding hydrogens is 240 g/mol. The van der Waals surface area contributed by atoms with E-state index in [1.807, 2.05) is 0 Å². The highest BCUT2D eigenvalue weighted by molar-refractivity contribution is 5.73. The molecule has 1 aliphatic rings. The van der Waals surface area contributed by atoms with E-state index in [4.69, 9.17) is 0 Å². The highest BCUT2D eigenvalue weighted by Gasteiger charge is 2.14. The summed E-state index contributed by atoms with van der Waals surface area (Å²) in [5.74, 6) is 0. The van der Waals surface area contributed by atoms with Gasteiger partial charge in [-0.3, -0.25) is 0 Å². The number of carbonyl (C=O) groups is 1. The third-order valence-corrected chi connectivity index (χ3v) is 3.60. The summed E-state index contributed by atoms with van der Waals surface area (Å²) in [5.41, 5.74) is 0. The van der Waals surface area contributed by atoms with Crippen LogP contribution in [0.1, 0.15) is 39.0 Å². The third kappa shape index (κ3) is 7.38. The third-order valence-electron chi connectivity index (χ3n) is 3.60. The summed E-state index contributed by atoms with van der Waals surface area (Å²) in [6.45, 7) is 4.89. The van der Waals surface area contributed by atoms with Gasteiger partial charge < -0.3 is 20.9 Å². The lowest BCUT2D eigenvalue weighted by molar-refractivity contribution is 0.217. The predicted molar refractivity (Wildman–Crippen MR) is 79.4 cm³/mol. The van der Waals surface area contributed by atoms with Crippen molar-refractivity contribution in [2.45, 2.75) is 51.1 Å². The zero-order chi connectivity index (χ0) is 14.1. The smallest absolute Gasteiger partial charge is 0.316 e. The lowest BCUT2D eigenvalue weighted by atomic mass is 10.0. The van der Waals surface area contributed by atoms with E-state index in [0.717, 1.165) is 13.1 Å². The fraction of sp³-hybridized carbons (Fsp3) is 0.929. The average Bonchev–Trinajstić information content (AvgIpc) is 2.62. The second-order valence-electron chi connectivity index (χ2n) is 5.72. The SMILES string of the molecule is CC(CC1CCCCCN1)NCCNC(=O)N(C)C. The molecule has 2 amide bonds. The van der Waals surface area contributed by atoms with Gasteiger partial charge in [0.1, 0.15) is 0 Å². The highest BCUT2D eigenvalue weighted by atomic mass is 16.2. The van der Waals surface area contributed by atoms with Gasteiger partial charge in [-0.25, -0.2) is 4.79 Å². The molecule has 0 aromatic heterocycles. The lowest BCUT2D eigenvalue weighted by Crippen LogP contribution is -2.42. The maximum Gasteiger partial charge on any atom is 0.316 e. The quantitative estimate of drug-likeness (QED) is 0.635. The summed E-state index contributed by atoms with van der Waals surface area (Å²) in [4.78, 5) is 12.9. The van der Waals surface area contributed by atoms with Crippen LogP contribution in [0.3, 0.4) is 0 Å². The molecule has 1 fully saturated rings. The fourth-order valence-electron chi connectivity index (χ4n) is 2.46. The van der Waals surface area contributed by atoms with Gasteiger partial charge in [-0.05, 0) is 32.7 Å². The van der Waals surface area contributed by atoms with Gasteiger partial charge in [0.15, 0.2) is 0 Å². The molecule has 0 radical (unpaired) electrons. The van der Waals surface area contributed by atoms with Crippen molar-refractivity contribution < 1.29 is 4.79 Å². The van der Waals surface area contributed by atoms with Crippen molar-refractivity contribution >= 4 is 6.03 Å². The summed E-state index contributed by atoms with van der Waals surface area (Å²) < 4.78 is 0. The van der Waals surface area contributed by atoms with Crippen molar-refractivity contribution in [3.8, 4) is 0 Å². The van der Waals surface area contributed by atoms with Crippen LogP contribution in [-0.4, -0.2) is 56.7 Å². The molecule has 1 saturated heterocycles. The minimum atomic E-state index is -0.0279. The van der Waals surface area contributed by atoms with E-state index in [-0.39, 0.29) is 6.03 Å². The Morgan fingerprint density at radius 1 is 1.32 bits per heavy atom. The van der Waals surface area contributed by atoms with Crippen molar-refractivity contribution in [3.05, 3.63) is 0 Å². The second-order valence-corrected chi connectivity index (χ2v) is 5.72. The summed E-state index contributed by atoms with van der Waals surface area (Å²) >= 11 is 0. The first-order chi connectivity index (χ1) is 9.09. The van der Waals surface area contributed by atoms with Crippen LogP contribution >= 0.6 is 0 Å². The van der Waals surface area contributed by atoms with E-state index < -0.39 is 0 Å². The Bertz CT molecular complexity index is 250. The van der Waals surface area contributed by atoms with Crippen LogP contribution < -0.4 is 16.0 Å². The minimum Gasteiger partial charge on any atom is -0.337 e. The first-order valence-electron chi connectivity index (χ1n) is 7.51. The van der Waals surface area contributed by atoms with E-state index in [0.29, 0.717) is 18.6 Å². The molecule has 0 aromatic carbocycles. The fourth-order valence-corrected chi connectivity index (χ4v) is 2.46. The van der Waals surface area contributed by atoms with Gasteiger partial charge in [0, 0.05) is 39.3 Å². The summed E-state index contributed by atoms with van der Waals surface area (Å²) in [6, 6.07) is 1.12. The van der Waals surface area contributed by atoms with E-state index in [1.54, 1.807) is 19.0 Å². The summed E-state index contributed by atoms with van der Waals surface area (Å²) in [7, 11) is 3.51. The molecular formula is C14H30N4O. The molecule has 5 heteroatoms. The molecule has 5 nitrogen and oxygen atoms in total. The van der Waals surface area contributed by atoms with Crippen LogP contribution in [0.15, 0.2) is 0 Å². The topological polar surface area (TPSA) is 56.4 Å². The van der Waals surface area contributed by atoms with E-state index >= 15 is 0 Å². The van der Waals surface area contributed by atoms with Crippen molar-refractivity contribution in [3.63, 3.8) is 0 Å². The van der Waals surface area contributed by atoms with Gasteiger partial charge in [-0.2, -0.15) is 0 Å². The number of nitrogens with zero attached hydrogens (tertiary/aromatic N) is 1. The number of nitrogens with one attached hydrogen (secondary N) is 3. The van der Waals surface area contributed by atoms with Gasteiger partial charge in [0.05, 0.1) is 0 Å². The predicted octanol–water partition coefficient (Wildman–Crippen LogP) is 1.16. The first-order valence-corrected chi connectivity index (χ1v) is 7.51. The van der Waals surface area contributed by atoms with Gasteiger partial charge in [-0.1, -0.05) is 12.8 Å². The Hall–Kier alpha value is -0.810. The molecule has 0 aromatic rings. The van der Waals surface area contributed by atoms with E-state index in [1.165, 1.54) is 32.1 Å². The molecule has 0 spiro atoms. The Labute approximate surface area is 117 Å². The van der Waals surface area contributed by atoms with Gasteiger partial charge in [-0.15, -0.1) is 0 Å². The minimum absolute atomic E-state index is 0.0279. The van der Waals surface area contributed by atoms with Crippen LogP contribution in [0.4, 0.5) is 4.79 Å². The lowest BCUT2D eigenvalue weighted by Gasteiger charge is -2.21. The largest absolute Gasteiger partial charge is 0.337 e. The van der Waals surface area contributed by atoms with E-state index in [9.17, 15) is 4.79 Å². The monoisotopic (exact) mass is 270 g/mol. The second kappa shape index (κ2) is 9.15. The molecule has 2 atom stereocenters. The molecule has 1 aliphatic heterocycles. The summed E-state index contributed by atoms with van der Waals surface area (Å²) in [5, 5.41) is 9.95. The van der Waals surface area contributed by atoms with Gasteiger partial charge in [0.2, 0.25) is 0 Å². The van der Waals surface area contributed by atoms with Crippen LogP contribution in [0.2, 0.25) is 0 Å². The summed E-state index contributed by atoms with van der Waals surface area (Å²) in [6.07, 6.45) is 6.49. The van der Waals surface area contributed by atoms with Crippen molar-refractivity contribution in [1.29, 1.82) is 0 Å². The van der Waals surface area contributed by atoms with E-state index in [2.05, 4.69) is 22.9 Å². The van der Waals surface area contributed by atoms with Crippen molar-refractivity contribution in [1.82, 2.24) is 20.9 Å². The Morgan fingerprint density at radius 3 is 2.84 bits per heavy atom. The number of carbonyl (C=O) groups excluding carboxylic acids is 1. The Balaban J connectivity index is 2.06. The molecule has 0 aliphatic carbocycles. The molecule has 3 N–H and O–H groups in total. The van der Waals surface area contributed by atoms with Crippen LogP contribution in [0.5, 0.6) is 0 Å². The van der Waals surface area contributed by atoms with Gasteiger partial charge in [0.25, 0.3) is 0 Å². The maximum absolute atomic E-state index is 11.3. The van der Waals surface area contributed by atoms with Crippen molar-refractivity contribution in [2.24, 2.45) is 0 Å². The first kappa shape index (κ1) is 16.2. The number of hydrogen-bond donors (Lipinski definition) is 3.